The van der Waals surface area contributed by atoms with Crippen molar-refractivity contribution in [3.63, 3.8) is 0 Å². The molecule has 2 amide bonds. The van der Waals surface area contributed by atoms with Gasteiger partial charge in [-0.3, -0.25) is 9.59 Å². The van der Waals surface area contributed by atoms with E-state index in [1.807, 2.05) is 0 Å². The first kappa shape index (κ1) is 16.9. The number of amides is 2. The molecule has 1 atom stereocenters. The van der Waals surface area contributed by atoms with Crippen molar-refractivity contribution in [3.05, 3.63) is 58.9 Å². The lowest BCUT2D eigenvalue weighted by Gasteiger charge is -2.18. The molecule has 1 fully saturated rings. The summed E-state index contributed by atoms with van der Waals surface area (Å²) in [6.45, 7) is 0.448. The second-order valence-electron chi connectivity index (χ2n) is 5.49. The van der Waals surface area contributed by atoms with Crippen LogP contribution in [0.25, 0.3) is 0 Å². The van der Waals surface area contributed by atoms with Crippen molar-refractivity contribution in [1.82, 2.24) is 10.3 Å². The Labute approximate surface area is 148 Å². The number of nitrogens with one attached hydrogen (secondary N) is 1. The van der Waals surface area contributed by atoms with E-state index in [-0.39, 0.29) is 17.2 Å². The molecular formula is C17H14ClN3O4. The quantitative estimate of drug-likeness (QED) is 0.869. The van der Waals surface area contributed by atoms with Crippen molar-refractivity contribution in [3.8, 4) is 0 Å². The number of para-hydroxylation sites is 1. The second kappa shape index (κ2) is 6.90. The number of hydrogen-bond acceptors (Lipinski definition) is 4. The first-order valence-electron chi connectivity index (χ1n) is 7.53. The molecule has 0 bridgehead atoms. The average molecular weight is 360 g/mol. The van der Waals surface area contributed by atoms with E-state index in [9.17, 15) is 14.4 Å². The van der Waals surface area contributed by atoms with E-state index in [1.54, 1.807) is 29.2 Å². The van der Waals surface area contributed by atoms with E-state index in [0.717, 1.165) is 0 Å². The number of aromatic carboxylic acids is 1. The molecule has 1 saturated heterocycles. The molecule has 1 aliphatic heterocycles. The van der Waals surface area contributed by atoms with Crippen molar-refractivity contribution in [1.29, 1.82) is 0 Å². The minimum absolute atomic E-state index is 0.154. The van der Waals surface area contributed by atoms with E-state index in [2.05, 4.69) is 10.3 Å². The summed E-state index contributed by atoms with van der Waals surface area (Å²) < 4.78 is 0. The number of carboxylic acids is 1. The summed E-state index contributed by atoms with van der Waals surface area (Å²) in [5.74, 6) is -1.89. The molecular weight excluding hydrogens is 346 g/mol. The predicted octanol–water partition coefficient (Wildman–Crippen LogP) is 1.97. The lowest BCUT2D eigenvalue weighted by Crippen LogP contribution is -2.41. The Kier molecular flexibility index (Phi) is 4.67. The zero-order chi connectivity index (χ0) is 18.0. The topological polar surface area (TPSA) is 99.6 Å². The van der Waals surface area contributed by atoms with Crippen LogP contribution in [-0.2, 0) is 4.79 Å². The molecule has 2 heterocycles. The van der Waals surface area contributed by atoms with Crippen LogP contribution in [0.4, 0.5) is 5.69 Å². The van der Waals surface area contributed by atoms with Crippen LogP contribution in [0.5, 0.6) is 0 Å². The van der Waals surface area contributed by atoms with Crippen molar-refractivity contribution < 1.29 is 19.5 Å². The number of pyridine rings is 1. The summed E-state index contributed by atoms with van der Waals surface area (Å²) in [7, 11) is 0. The number of nitrogens with zero attached hydrogens (tertiary/aromatic N) is 2. The molecule has 25 heavy (non-hydrogen) atoms. The average Bonchev–Trinajstić information content (AvgIpc) is 2.96. The Hall–Kier alpha value is -2.93. The smallest absolute Gasteiger partial charge is 0.354 e. The monoisotopic (exact) mass is 359 g/mol. The molecule has 2 N–H and O–H groups in total. The number of hydrogen-bond donors (Lipinski definition) is 2. The van der Waals surface area contributed by atoms with Gasteiger partial charge in [0, 0.05) is 12.7 Å². The molecule has 3 rings (SSSR count). The van der Waals surface area contributed by atoms with Crippen molar-refractivity contribution >= 4 is 35.1 Å². The van der Waals surface area contributed by atoms with E-state index in [4.69, 9.17) is 16.7 Å². The fourth-order valence-corrected chi connectivity index (χ4v) is 2.86. The lowest BCUT2D eigenvalue weighted by molar-refractivity contribution is -0.118. The van der Waals surface area contributed by atoms with Gasteiger partial charge in [-0.25, -0.2) is 9.78 Å². The number of carbonyl (C=O) groups is 3. The molecule has 1 aliphatic rings. The highest BCUT2D eigenvalue weighted by atomic mass is 35.5. The third-order valence-corrected chi connectivity index (χ3v) is 4.22. The van der Waals surface area contributed by atoms with Crippen molar-refractivity contribution in [2.45, 2.75) is 12.5 Å². The molecule has 8 heteroatoms. The van der Waals surface area contributed by atoms with Gasteiger partial charge in [0.25, 0.3) is 5.91 Å². The molecule has 128 valence electrons. The van der Waals surface area contributed by atoms with Crippen LogP contribution in [0, 0.1) is 0 Å². The number of halogens is 1. The Morgan fingerprint density at radius 1 is 1.24 bits per heavy atom. The Bertz CT molecular complexity index is 838. The molecule has 0 aliphatic carbocycles. The summed E-state index contributed by atoms with van der Waals surface area (Å²) in [4.78, 5) is 40.8. The first-order chi connectivity index (χ1) is 12.0. The van der Waals surface area contributed by atoms with Crippen LogP contribution >= 0.6 is 11.6 Å². The van der Waals surface area contributed by atoms with Crippen LogP contribution in [0.15, 0.2) is 42.6 Å². The zero-order valence-electron chi connectivity index (χ0n) is 13.0. The molecule has 1 aromatic carbocycles. The van der Waals surface area contributed by atoms with E-state index >= 15 is 0 Å². The van der Waals surface area contributed by atoms with Gasteiger partial charge in [-0.2, -0.15) is 0 Å². The molecule has 0 unspecified atom stereocenters. The fourth-order valence-electron chi connectivity index (χ4n) is 2.62. The van der Waals surface area contributed by atoms with Gasteiger partial charge in [-0.1, -0.05) is 23.7 Å². The normalized spacial score (nSPS) is 16.8. The van der Waals surface area contributed by atoms with Gasteiger partial charge in [0.05, 0.1) is 16.3 Å². The highest BCUT2D eigenvalue weighted by Gasteiger charge is 2.34. The van der Waals surface area contributed by atoms with Gasteiger partial charge in [0.1, 0.15) is 11.7 Å². The molecule has 2 aromatic rings. The minimum Gasteiger partial charge on any atom is -0.477 e. The zero-order valence-corrected chi connectivity index (χ0v) is 13.7. The van der Waals surface area contributed by atoms with Crippen LogP contribution in [0.3, 0.4) is 0 Å². The van der Waals surface area contributed by atoms with Gasteiger partial charge in [-0.05, 0) is 30.7 Å². The van der Waals surface area contributed by atoms with Crippen LogP contribution in [0.2, 0.25) is 5.02 Å². The largest absolute Gasteiger partial charge is 0.477 e. The van der Waals surface area contributed by atoms with Crippen molar-refractivity contribution in [2.24, 2.45) is 0 Å². The molecule has 7 nitrogen and oxygen atoms in total. The van der Waals surface area contributed by atoms with Gasteiger partial charge in [0.2, 0.25) is 5.91 Å². The van der Waals surface area contributed by atoms with Gasteiger partial charge >= 0.3 is 5.97 Å². The Morgan fingerprint density at radius 2 is 2.00 bits per heavy atom. The molecule has 0 spiro atoms. The number of benzene rings is 1. The molecule has 0 radical (unpaired) electrons. The number of carboxylic acid groups (broad SMARTS) is 1. The number of rotatable bonds is 4. The van der Waals surface area contributed by atoms with E-state index < -0.39 is 17.9 Å². The second-order valence-corrected chi connectivity index (χ2v) is 5.90. The van der Waals surface area contributed by atoms with Gasteiger partial charge in [0.15, 0.2) is 0 Å². The third-order valence-electron chi connectivity index (χ3n) is 3.90. The summed E-state index contributed by atoms with van der Waals surface area (Å²) in [5, 5.41) is 11.9. The predicted molar refractivity (Wildman–Crippen MR) is 90.9 cm³/mol. The first-order valence-corrected chi connectivity index (χ1v) is 7.91. The summed E-state index contributed by atoms with van der Waals surface area (Å²) >= 11 is 6.12. The summed E-state index contributed by atoms with van der Waals surface area (Å²) in [6, 6.07) is 8.95. The van der Waals surface area contributed by atoms with E-state index in [1.165, 1.54) is 18.3 Å². The highest BCUT2D eigenvalue weighted by Crippen LogP contribution is 2.29. The van der Waals surface area contributed by atoms with E-state index in [0.29, 0.717) is 23.7 Å². The number of anilines is 1. The summed E-state index contributed by atoms with van der Waals surface area (Å²) in [5.41, 5.74) is 0.644. The maximum Gasteiger partial charge on any atom is 0.354 e. The Morgan fingerprint density at radius 3 is 2.64 bits per heavy atom. The summed E-state index contributed by atoms with van der Waals surface area (Å²) in [6.07, 6.45) is 1.63. The van der Waals surface area contributed by atoms with Crippen molar-refractivity contribution in [2.75, 3.05) is 11.4 Å². The Balaban J connectivity index is 1.69. The fraction of sp³-hybridized carbons (Fsp3) is 0.176. The SMILES string of the molecule is O=C(N[C@H]1CCN(c2ccccc2Cl)C1=O)c1ccc(C(=O)O)nc1. The minimum atomic E-state index is -1.17. The maximum atomic E-state index is 12.5. The number of carbonyl (C=O) groups excluding carboxylic acids is 2. The standard InChI is InChI=1S/C17H14ClN3O4/c18-11-3-1-2-4-14(11)21-8-7-12(16(21)23)20-15(22)10-5-6-13(17(24)25)19-9-10/h1-6,9,12H,7-8H2,(H,20,22)(H,24,25)/t12-/m0/s1. The van der Waals surface area contributed by atoms with Gasteiger partial charge < -0.3 is 15.3 Å². The highest BCUT2D eigenvalue weighted by molar-refractivity contribution is 6.34. The third kappa shape index (κ3) is 3.46. The van der Waals surface area contributed by atoms with Crippen LogP contribution < -0.4 is 10.2 Å². The maximum absolute atomic E-state index is 12.5. The van der Waals surface area contributed by atoms with Crippen LogP contribution in [-0.4, -0.2) is 40.5 Å². The molecule has 1 aromatic heterocycles. The lowest BCUT2D eigenvalue weighted by atomic mass is 10.2. The van der Waals surface area contributed by atoms with Gasteiger partial charge in [-0.15, -0.1) is 0 Å². The molecule has 0 saturated carbocycles. The van der Waals surface area contributed by atoms with Crippen LogP contribution in [0.1, 0.15) is 27.3 Å². The number of aromatic nitrogens is 1.